The van der Waals surface area contributed by atoms with Gasteiger partial charge in [0.15, 0.2) is 17.5 Å². The Morgan fingerprint density at radius 1 is 1.25 bits per heavy atom. The Morgan fingerprint density at radius 3 is 2.56 bits per heavy atom. The minimum absolute atomic E-state index is 0.0291. The normalized spacial score (nSPS) is 12.8. The van der Waals surface area contributed by atoms with Crippen LogP contribution >= 0.6 is 0 Å². The Kier molecular flexibility index (Phi) is 4.76. The number of nitrogens with two attached hydrogens (primary N) is 1. The highest BCUT2D eigenvalue weighted by molar-refractivity contribution is 5.23. The molecule has 0 saturated heterocycles. The van der Waals surface area contributed by atoms with Crippen LogP contribution in [0.3, 0.4) is 0 Å². The number of hydrogen-bond acceptors (Lipinski definition) is 2. The Bertz CT molecular complexity index is 357. The number of hydrogen-bond donors (Lipinski definition) is 1. The first kappa shape index (κ1) is 13.0. The van der Waals surface area contributed by atoms with Gasteiger partial charge >= 0.3 is 0 Å². The van der Waals surface area contributed by atoms with E-state index in [2.05, 4.69) is 0 Å². The molecule has 0 aromatic heterocycles. The van der Waals surface area contributed by atoms with E-state index >= 15 is 0 Å². The number of ether oxygens (including phenoxy) is 1. The van der Waals surface area contributed by atoms with E-state index < -0.39 is 23.5 Å². The highest BCUT2D eigenvalue weighted by atomic mass is 19.2. The fraction of sp³-hybridized carbons (Fsp3) is 0.455. The van der Waals surface area contributed by atoms with Crippen molar-refractivity contribution in [3.8, 4) is 0 Å². The molecule has 0 heterocycles. The summed E-state index contributed by atoms with van der Waals surface area (Å²) in [5.74, 6) is -3.91. The van der Waals surface area contributed by atoms with Gasteiger partial charge < -0.3 is 10.5 Å². The van der Waals surface area contributed by atoms with Crippen molar-refractivity contribution in [1.29, 1.82) is 0 Å². The maximum Gasteiger partial charge on any atom is 0.194 e. The average molecular weight is 233 g/mol. The lowest BCUT2D eigenvalue weighted by Crippen LogP contribution is -2.16. The number of benzene rings is 1. The van der Waals surface area contributed by atoms with Gasteiger partial charge in [0.25, 0.3) is 0 Å². The highest BCUT2D eigenvalue weighted by Gasteiger charge is 2.17. The summed E-state index contributed by atoms with van der Waals surface area (Å²) in [4.78, 5) is 0. The Morgan fingerprint density at radius 2 is 1.94 bits per heavy atom. The summed E-state index contributed by atoms with van der Waals surface area (Å²) in [5.41, 5.74) is 5.62. The van der Waals surface area contributed by atoms with Gasteiger partial charge in [0, 0.05) is 24.8 Å². The molecule has 0 saturated carbocycles. The van der Waals surface area contributed by atoms with Crippen molar-refractivity contribution in [2.45, 2.75) is 19.4 Å². The van der Waals surface area contributed by atoms with Gasteiger partial charge in [0.05, 0.1) is 0 Å². The van der Waals surface area contributed by atoms with Gasteiger partial charge in [-0.05, 0) is 19.4 Å². The largest absolute Gasteiger partial charge is 0.382 e. The van der Waals surface area contributed by atoms with Gasteiger partial charge in [-0.25, -0.2) is 13.2 Å². The summed E-state index contributed by atoms with van der Waals surface area (Å²) in [6.45, 7) is 2.72. The van der Waals surface area contributed by atoms with E-state index in [1.165, 1.54) is 0 Å². The van der Waals surface area contributed by atoms with E-state index in [0.717, 1.165) is 12.1 Å². The first-order chi connectivity index (χ1) is 7.57. The zero-order chi connectivity index (χ0) is 12.1. The van der Waals surface area contributed by atoms with Crippen LogP contribution in [0.1, 0.15) is 24.9 Å². The maximum atomic E-state index is 13.3. The van der Waals surface area contributed by atoms with Gasteiger partial charge in [-0.2, -0.15) is 0 Å². The summed E-state index contributed by atoms with van der Waals surface area (Å²) in [5, 5.41) is 0. The average Bonchev–Trinajstić information content (AvgIpc) is 2.26. The Labute approximate surface area is 92.2 Å². The predicted molar refractivity (Wildman–Crippen MR) is 54.4 cm³/mol. The lowest BCUT2D eigenvalue weighted by molar-refractivity contribution is 0.139. The standard InChI is InChI=1S/C11H14F3NO/c1-2-16-6-5-9(15)7-3-4-8(12)11(14)10(7)13/h3-4,9H,2,5-6,15H2,1H3. The molecule has 0 bridgehead atoms. The SMILES string of the molecule is CCOCCC(N)c1ccc(F)c(F)c1F. The molecule has 5 heteroatoms. The van der Waals surface area contributed by atoms with Crippen LogP contribution in [0.25, 0.3) is 0 Å². The van der Waals surface area contributed by atoms with Crippen molar-refractivity contribution >= 4 is 0 Å². The molecule has 90 valence electrons. The third-order valence-electron chi connectivity index (χ3n) is 2.24. The van der Waals surface area contributed by atoms with E-state index in [9.17, 15) is 13.2 Å². The van der Waals surface area contributed by atoms with Gasteiger partial charge in [0.1, 0.15) is 0 Å². The van der Waals surface area contributed by atoms with E-state index in [0.29, 0.717) is 19.6 Å². The second kappa shape index (κ2) is 5.86. The molecule has 2 nitrogen and oxygen atoms in total. The third kappa shape index (κ3) is 2.96. The van der Waals surface area contributed by atoms with Crippen LogP contribution in [-0.2, 0) is 4.74 Å². The van der Waals surface area contributed by atoms with Gasteiger partial charge in [-0.15, -0.1) is 0 Å². The second-order valence-corrected chi connectivity index (χ2v) is 3.36. The van der Waals surface area contributed by atoms with Crippen LogP contribution in [0, 0.1) is 17.5 Å². The molecular formula is C11H14F3NO. The van der Waals surface area contributed by atoms with Crippen LogP contribution in [0.15, 0.2) is 12.1 Å². The third-order valence-corrected chi connectivity index (χ3v) is 2.24. The van der Waals surface area contributed by atoms with Crippen LogP contribution in [0.2, 0.25) is 0 Å². The molecule has 1 atom stereocenters. The van der Waals surface area contributed by atoms with Crippen molar-refractivity contribution in [2.75, 3.05) is 13.2 Å². The molecule has 0 aliphatic rings. The summed E-state index contributed by atoms with van der Waals surface area (Å²) in [7, 11) is 0. The molecule has 0 amide bonds. The number of rotatable bonds is 5. The van der Waals surface area contributed by atoms with Crippen LogP contribution in [-0.4, -0.2) is 13.2 Å². The lowest BCUT2D eigenvalue weighted by atomic mass is 10.0. The molecule has 16 heavy (non-hydrogen) atoms. The smallest absolute Gasteiger partial charge is 0.194 e. The van der Waals surface area contributed by atoms with E-state index in [4.69, 9.17) is 10.5 Å². The summed E-state index contributed by atoms with van der Waals surface area (Å²) >= 11 is 0. The summed E-state index contributed by atoms with van der Waals surface area (Å²) < 4.78 is 43.9. The first-order valence-electron chi connectivity index (χ1n) is 5.04. The molecule has 0 spiro atoms. The predicted octanol–water partition coefficient (Wildman–Crippen LogP) is 2.53. The zero-order valence-corrected chi connectivity index (χ0v) is 8.97. The first-order valence-corrected chi connectivity index (χ1v) is 5.04. The number of halogens is 3. The van der Waals surface area contributed by atoms with Crippen molar-refractivity contribution in [3.05, 3.63) is 35.1 Å². The van der Waals surface area contributed by atoms with E-state index in [-0.39, 0.29) is 5.56 Å². The summed E-state index contributed by atoms with van der Waals surface area (Å²) in [6.07, 6.45) is 0.357. The minimum atomic E-state index is -1.48. The molecule has 0 fully saturated rings. The molecule has 1 aromatic rings. The quantitative estimate of drug-likeness (QED) is 0.626. The van der Waals surface area contributed by atoms with Crippen molar-refractivity contribution in [2.24, 2.45) is 5.73 Å². The molecular weight excluding hydrogens is 219 g/mol. The minimum Gasteiger partial charge on any atom is -0.382 e. The molecule has 1 unspecified atom stereocenters. The fourth-order valence-electron chi connectivity index (χ4n) is 1.34. The monoisotopic (exact) mass is 233 g/mol. The van der Waals surface area contributed by atoms with E-state index in [1.807, 2.05) is 6.92 Å². The van der Waals surface area contributed by atoms with Gasteiger partial charge in [-0.3, -0.25) is 0 Å². The van der Waals surface area contributed by atoms with Crippen molar-refractivity contribution < 1.29 is 17.9 Å². The molecule has 0 aliphatic heterocycles. The maximum absolute atomic E-state index is 13.3. The fourth-order valence-corrected chi connectivity index (χ4v) is 1.34. The Balaban J connectivity index is 2.76. The van der Waals surface area contributed by atoms with Crippen LogP contribution in [0.4, 0.5) is 13.2 Å². The summed E-state index contributed by atoms with van der Waals surface area (Å²) in [6, 6.07) is 1.33. The van der Waals surface area contributed by atoms with Crippen molar-refractivity contribution in [1.82, 2.24) is 0 Å². The lowest BCUT2D eigenvalue weighted by Gasteiger charge is -2.13. The topological polar surface area (TPSA) is 35.2 Å². The van der Waals surface area contributed by atoms with Gasteiger partial charge in [-0.1, -0.05) is 6.07 Å². The van der Waals surface area contributed by atoms with Gasteiger partial charge in [0.2, 0.25) is 0 Å². The second-order valence-electron chi connectivity index (χ2n) is 3.36. The molecule has 0 aliphatic carbocycles. The highest BCUT2D eigenvalue weighted by Crippen LogP contribution is 2.21. The van der Waals surface area contributed by atoms with Crippen LogP contribution in [0.5, 0.6) is 0 Å². The zero-order valence-electron chi connectivity index (χ0n) is 8.97. The van der Waals surface area contributed by atoms with Crippen molar-refractivity contribution in [3.63, 3.8) is 0 Å². The Hall–Kier alpha value is -1.07. The molecule has 1 aromatic carbocycles. The molecule has 2 N–H and O–H groups in total. The molecule has 0 radical (unpaired) electrons. The van der Waals surface area contributed by atoms with E-state index in [1.54, 1.807) is 0 Å². The van der Waals surface area contributed by atoms with Crippen LogP contribution < -0.4 is 5.73 Å². The molecule has 1 rings (SSSR count).